The molecule has 0 atom stereocenters. The van der Waals surface area contributed by atoms with Crippen LogP contribution >= 0.6 is 15.9 Å². The first kappa shape index (κ1) is 10.1. The van der Waals surface area contributed by atoms with Crippen LogP contribution in [0.25, 0.3) is 0 Å². The molecule has 2 heterocycles. The topological polar surface area (TPSA) is 41.2 Å². The second kappa shape index (κ2) is 4.91. The number of morpholine rings is 1. The second-order valence-electron chi connectivity index (χ2n) is 3.38. The molecule has 1 fully saturated rings. The molecular formula is C9H14BrN3O. The molecule has 2 rings (SSSR count). The highest BCUT2D eigenvalue weighted by atomic mass is 79.9. The van der Waals surface area contributed by atoms with Crippen LogP contribution in [0.4, 0.5) is 0 Å². The van der Waals surface area contributed by atoms with Crippen molar-refractivity contribution in [2.45, 2.75) is 6.42 Å². The summed E-state index contributed by atoms with van der Waals surface area (Å²) in [6.45, 7) is 4.87. The van der Waals surface area contributed by atoms with Crippen molar-refractivity contribution in [2.75, 3.05) is 32.8 Å². The average molecular weight is 260 g/mol. The van der Waals surface area contributed by atoms with E-state index in [1.807, 2.05) is 0 Å². The minimum Gasteiger partial charge on any atom is -0.379 e. The average Bonchev–Trinajstić information content (AvgIpc) is 2.63. The Morgan fingerprint density at radius 1 is 1.50 bits per heavy atom. The van der Waals surface area contributed by atoms with Gasteiger partial charge in [0.2, 0.25) is 0 Å². The van der Waals surface area contributed by atoms with E-state index in [0.717, 1.165) is 49.7 Å². The van der Waals surface area contributed by atoms with Crippen molar-refractivity contribution < 1.29 is 4.74 Å². The lowest BCUT2D eigenvalue weighted by molar-refractivity contribution is 0.0382. The van der Waals surface area contributed by atoms with E-state index >= 15 is 0 Å². The molecule has 0 saturated carbocycles. The van der Waals surface area contributed by atoms with E-state index in [4.69, 9.17) is 4.74 Å². The zero-order chi connectivity index (χ0) is 9.80. The van der Waals surface area contributed by atoms with Crippen LogP contribution in [0, 0.1) is 0 Å². The first-order valence-corrected chi connectivity index (χ1v) is 5.63. The molecule has 1 saturated heterocycles. The fraction of sp³-hybridized carbons (Fsp3) is 0.667. The first-order chi connectivity index (χ1) is 6.84. The molecule has 14 heavy (non-hydrogen) atoms. The van der Waals surface area contributed by atoms with E-state index in [1.54, 1.807) is 6.20 Å². The largest absolute Gasteiger partial charge is 0.379 e. The number of rotatable bonds is 3. The van der Waals surface area contributed by atoms with Crippen LogP contribution < -0.4 is 0 Å². The molecule has 0 radical (unpaired) electrons. The Bertz CT molecular complexity index is 283. The predicted octanol–water partition coefficient (Wildman–Crippen LogP) is 1.05. The number of hydrogen-bond donors (Lipinski definition) is 1. The SMILES string of the molecule is Brc1cnc(CCN2CCOCC2)[nH]1. The zero-order valence-electron chi connectivity index (χ0n) is 8.00. The molecule has 0 amide bonds. The maximum absolute atomic E-state index is 5.28. The van der Waals surface area contributed by atoms with Gasteiger partial charge in [0.25, 0.3) is 0 Å². The van der Waals surface area contributed by atoms with Crippen molar-refractivity contribution in [3.63, 3.8) is 0 Å². The van der Waals surface area contributed by atoms with Crippen molar-refractivity contribution in [2.24, 2.45) is 0 Å². The van der Waals surface area contributed by atoms with Crippen LogP contribution in [0.15, 0.2) is 10.8 Å². The predicted molar refractivity (Wildman–Crippen MR) is 57.3 cm³/mol. The summed E-state index contributed by atoms with van der Waals surface area (Å²) in [5.41, 5.74) is 0. The van der Waals surface area contributed by atoms with Gasteiger partial charge in [0.15, 0.2) is 0 Å². The zero-order valence-corrected chi connectivity index (χ0v) is 9.59. The molecule has 0 aliphatic carbocycles. The minimum atomic E-state index is 0.863. The third-order valence-corrected chi connectivity index (χ3v) is 2.77. The van der Waals surface area contributed by atoms with Gasteiger partial charge in [-0.05, 0) is 15.9 Å². The molecule has 4 nitrogen and oxygen atoms in total. The standard InChI is InChI=1S/C9H14BrN3O/c10-8-7-11-9(12-8)1-2-13-3-5-14-6-4-13/h7H,1-6H2,(H,11,12). The summed E-state index contributed by atoms with van der Waals surface area (Å²) in [4.78, 5) is 9.81. The molecule has 1 N–H and O–H groups in total. The van der Waals surface area contributed by atoms with Gasteiger partial charge in [-0.3, -0.25) is 4.90 Å². The van der Waals surface area contributed by atoms with Gasteiger partial charge in [-0.1, -0.05) is 0 Å². The van der Waals surface area contributed by atoms with Crippen molar-refractivity contribution in [3.8, 4) is 0 Å². The normalized spacial score (nSPS) is 18.6. The van der Waals surface area contributed by atoms with Crippen LogP contribution in [0.1, 0.15) is 5.82 Å². The highest BCUT2D eigenvalue weighted by Crippen LogP contribution is 2.06. The molecule has 78 valence electrons. The van der Waals surface area contributed by atoms with Gasteiger partial charge in [0.1, 0.15) is 10.4 Å². The third kappa shape index (κ3) is 2.80. The van der Waals surface area contributed by atoms with Crippen molar-refractivity contribution in [1.29, 1.82) is 0 Å². The van der Waals surface area contributed by atoms with Gasteiger partial charge in [-0.25, -0.2) is 4.98 Å². The van der Waals surface area contributed by atoms with E-state index in [0.29, 0.717) is 0 Å². The maximum atomic E-state index is 5.28. The number of halogens is 1. The minimum absolute atomic E-state index is 0.863. The Labute approximate surface area is 91.8 Å². The molecule has 0 spiro atoms. The highest BCUT2D eigenvalue weighted by molar-refractivity contribution is 9.10. The summed E-state index contributed by atoms with van der Waals surface area (Å²) in [7, 11) is 0. The van der Waals surface area contributed by atoms with E-state index in [-0.39, 0.29) is 0 Å². The maximum Gasteiger partial charge on any atom is 0.108 e. The monoisotopic (exact) mass is 259 g/mol. The smallest absolute Gasteiger partial charge is 0.108 e. The lowest BCUT2D eigenvalue weighted by Gasteiger charge is -2.25. The van der Waals surface area contributed by atoms with Gasteiger partial charge in [0, 0.05) is 26.1 Å². The van der Waals surface area contributed by atoms with Gasteiger partial charge in [0.05, 0.1) is 19.4 Å². The summed E-state index contributed by atoms with van der Waals surface area (Å²) < 4.78 is 6.24. The van der Waals surface area contributed by atoms with Gasteiger partial charge >= 0.3 is 0 Å². The van der Waals surface area contributed by atoms with E-state index in [1.165, 1.54) is 0 Å². The number of H-pyrrole nitrogens is 1. The lowest BCUT2D eigenvalue weighted by atomic mass is 10.3. The second-order valence-corrected chi connectivity index (χ2v) is 4.24. The van der Waals surface area contributed by atoms with Crippen LogP contribution in [-0.2, 0) is 11.2 Å². The summed E-state index contributed by atoms with van der Waals surface area (Å²) in [6, 6.07) is 0. The molecular weight excluding hydrogens is 246 g/mol. The van der Waals surface area contributed by atoms with Crippen LogP contribution in [-0.4, -0.2) is 47.7 Å². The Morgan fingerprint density at radius 3 is 2.93 bits per heavy atom. The fourth-order valence-corrected chi connectivity index (χ4v) is 1.88. The van der Waals surface area contributed by atoms with Crippen molar-refractivity contribution >= 4 is 15.9 Å². The Hall–Kier alpha value is -0.390. The summed E-state index contributed by atoms with van der Waals surface area (Å²) in [6.07, 6.45) is 2.78. The number of nitrogens with one attached hydrogen (secondary N) is 1. The molecule has 0 bridgehead atoms. The molecule has 0 unspecified atom stereocenters. The summed E-state index contributed by atoms with van der Waals surface area (Å²) >= 11 is 3.35. The van der Waals surface area contributed by atoms with Crippen LogP contribution in [0.3, 0.4) is 0 Å². The van der Waals surface area contributed by atoms with Gasteiger partial charge < -0.3 is 9.72 Å². The molecule has 0 aromatic carbocycles. The summed E-state index contributed by atoms with van der Waals surface area (Å²) in [5, 5.41) is 0. The van der Waals surface area contributed by atoms with Crippen molar-refractivity contribution in [1.82, 2.24) is 14.9 Å². The number of hydrogen-bond acceptors (Lipinski definition) is 3. The molecule has 1 aromatic heterocycles. The molecule has 1 aromatic rings. The first-order valence-electron chi connectivity index (χ1n) is 4.84. The number of ether oxygens (including phenoxy) is 1. The van der Waals surface area contributed by atoms with E-state index in [9.17, 15) is 0 Å². The van der Waals surface area contributed by atoms with Crippen LogP contribution in [0.2, 0.25) is 0 Å². The molecule has 5 heteroatoms. The van der Waals surface area contributed by atoms with Crippen LogP contribution in [0.5, 0.6) is 0 Å². The molecule has 1 aliphatic rings. The fourth-order valence-electron chi connectivity index (χ4n) is 1.55. The molecule has 1 aliphatic heterocycles. The quantitative estimate of drug-likeness (QED) is 0.883. The Morgan fingerprint density at radius 2 is 2.29 bits per heavy atom. The number of nitrogens with zero attached hydrogens (tertiary/aromatic N) is 2. The highest BCUT2D eigenvalue weighted by Gasteiger charge is 2.10. The van der Waals surface area contributed by atoms with Gasteiger partial charge in [-0.2, -0.15) is 0 Å². The van der Waals surface area contributed by atoms with Gasteiger partial charge in [-0.15, -0.1) is 0 Å². The number of imidazole rings is 1. The number of aromatic amines is 1. The number of aromatic nitrogens is 2. The lowest BCUT2D eigenvalue weighted by Crippen LogP contribution is -2.37. The summed E-state index contributed by atoms with van der Waals surface area (Å²) in [5.74, 6) is 1.04. The van der Waals surface area contributed by atoms with Crippen molar-refractivity contribution in [3.05, 3.63) is 16.6 Å². The van der Waals surface area contributed by atoms with E-state index < -0.39 is 0 Å². The Balaban J connectivity index is 1.76. The third-order valence-electron chi connectivity index (χ3n) is 2.37. The van der Waals surface area contributed by atoms with E-state index in [2.05, 4.69) is 30.8 Å². The Kier molecular flexibility index (Phi) is 3.55.